The van der Waals surface area contributed by atoms with Crippen molar-refractivity contribution < 1.29 is 49.0 Å². The molecule has 1 rings (SSSR count). The first-order valence-electron chi connectivity index (χ1n) is 22.4. The van der Waals surface area contributed by atoms with Crippen LogP contribution in [0.3, 0.4) is 0 Å². The van der Waals surface area contributed by atoms with Crippen LogP contribution in [-0.2, 0) is 28.5 Å². The van der Waals surface area contributed by atoms with Crippen molar-refractivity contribution in [3.63, 3.8) is 0 Å². The van der Waals surface area contributed by atoms with E-state index in [4.69, 9.17) is 18.9 Å². The van der Waals surface area contributed by atoms with E-state index in [0.29, 0.717) is 12.8 Å². The van der Waals surface area contributed by atoms with Crippen molar-refractivity contribution in [2.24, 2.45) is 0 Å². The second kappa shape index (κ2) is 37.7. The van der Waals surface area contributed by atoms with E-state index in [0.717, 1.165) is 70.6 Å². The van der Waals surface area contributed by atoms with Crippen molar-refractivity contribution in [3.8, 4) is 0 Å². The highest BCUT2D eigenvalue weighted by Crippen LogP contribution is 2.22. The number of rotatable bonds is 36. The topological polar surface area (TPSA) is 152 Å². The number of ether oxygens (including phenoxy) is 4. The van der Waals surface area contributed by atoms with E-state index in [1.54, 1.807) is 0 Å². The number of allylic oxidation sites excluding steroid dienone is 10. The second-order valence-electron chi connectivity index (χ2n) is 15.1. The normalized spacial score (nSPS) is 20.8. The molecule has 57 heavy (non-hydrogen) atoms. The van der Waals surface area contributed by atoms with E-state index in [9.17, 15) is 30.0 Å². The maximum Gasteiger partial charge on any atom is 0.306 e. The molecule has 4 N–H and O–H groups in total. The highest BCUT2D eigenvalue weighted by Gasteiger charge is 2.44. The Bertz CT molecular complexity index is 1110. The molecule has 10 heteroatoms. The Hall–Kier alpha value is -2.60. The molecule has 6 atom stereocenters. The predicted octanol–water partition coefficient (Wildman–Crippen LogP) is 9.44. The Morgan fingerprint density at radius 2 is 1.02 bits per heavy atom. The van der Waals surface area contributed by atoms with Gasteiger partial charge in [0.05, 0.1) is 13.2 Å². The van der Waals surface area contributed by atoms with Crippen LogP contribution in [0.4, 0.5) is 0 Å². The summed E-state index contributed by atoms with van der Waals surface area (Å²) in [6.45, 7) is 3.29. The zero-order valence-corrected chi connectivity index (χ0v) is 35.6. The predicted molar refractivity (Wildman–Crippen MR) is 228 cm³/mol. The summed E-state index contributed by atoms with van der Waals surface area (Å²) < 4.78 is 22.1. The average molecular weight is 805 g/mol. The number of hydrogen-bond acceptors (Lipinski definition) is 10. The van der Waals surface area contributed by atoms with E-state index in [1.807, 2.05) is 0 Å². The summed E-state index contributed by atoms with van der Waals surface area (Å²) in [6.07, 6.45) is 37.9. The Kier molecular flexibility index (Phi) is 34.6. The van der Waals surface area contributed by atoms with Crippen molar-refractivity contribution in [3.05, 3.63) is 60.8 Å². The van der Waals surface area contributed by atoms with Gasteiger partial charge in [0.1, 0.15) is 31.0 Å². The quantitative estimate of drug-likeness (QED) is 0.0274. The molecule has 1 heterocycles. The van der Waals surface area contributed by atoms with Crippen LogP contribution in [0.2, 0.25) is 0 Å². The molecule has 0 aromatic carbocycles. The summed E-state index contributed by atoms with van der Waals surface area (Å²) in [5.41, 5.74) is 0. The van der Waals surface area contributed by atoms with Crippen LogP contribution < -0.4 is 0 Å². The molecular weight excluding hydrogens is 725 g/mol. The summed E-state index contributed by atoms with van der Waals surface area (Å²) in [4.78, 5) is 25.3. The van der Waals surface area contributed by atoms with Crippen LogP contribution in [0.1, 0.15) is 168 Å². The molecule has 1 aliphatic heterocycles. The van der Waals surface area contributed by atoms with Crippen LogP contribution in [0.25, 0.3) is 0 Å². The maximum absolute atomic E-state index is 12.8. The van der Waals surface area contributed by atoms with Gasteiger partial charge in [-0.05, 0) is 77.0 Å². The number of esters is 2. The Balaban J connectivity index is 2.37. The van der Waals surface area contributed by atoms with Crippen molar-refractivity contribution in [1.29, 1.82) is 0 Å². The molecule has 10 nitrogen and oxygen atoms in total. The van der Waals surface area contributed by atoms with Gasteiger partial charge in [-0.15, -0.1) is 0 Å². The minimum absolute atomic E-state index is 0.215. The number of aliphatic hydroxyl groups excluding tert-OH is 4. The number of aliphatic hydroxyl groups is 4. The van der Waals surface area contributed by atoms with Crippen LogP contribution in [-0.4, -0.2) is 89.0 Å². The third-order valence-corrected chi connectivity index (χ3v) is 9.86. The van der Waals surface area contributed by atoms with Gasteiger partial charge in [-0.2, -0.15) is 0 Å². The fourth-order valence-corrected chi connectivity index (χ4v) is 6.29. The summed E-state index contributed by atoms with van der Waals surface area (Å²) >= 11 is 0. The molecule has 1 fully saturated rings. The van der Waals surface area contributed by atoms with E-state index in [1.165, 1.54) is 57.8 Å². The van der Waals surface area contributed by atoms with Crippen LogP contribution in [0.5, 0.6) is 0 Å². The highest BCUT2D eigenvalue weighted by atomic mass is 16.7. The van der Waals surface area contributed by atoms with Gasteiger partial charge < -0.3 is 39.4 Å². The SMILES string of the molecule is CCC/C=C/C/C=C/C/C=C/C/C=C/CCCCCC(=O)OC[C@@H](CO[C@H]1O[C@@H](CO)[C@@H](O)C(O)C1O)OC(=O)CCCCCCCCC/C=C/CCCCCC. The van der Waals surface area contributed by atoms with E-state index >= 15 is 0 Å². The Labute approximate surface area is 345 Å². The first kappa shape index (κ1) is 52.4. The first-order valence-corrected chi connectivity index (χ1v) is 22.4. The van der Waals surface area contributed by atoms with Gasteiger partial charge in [0.15, 0.2) is 12.4 Å². The molecule has 0 aromatic rings. The van der Waals surface area contributed by atoms with Crippen molar-refractivity contribution in [2.45, 2.75) is 205 Å². The maximum atomic E-state index is 12.8. The first-order chi connectivity index (χ1) is 27.8. The standard InChI is InChI=1S/C47H80O10/c1-3-5-7-9-11-13-15-17-19-20-22-23-25-27-29-31-33-35-42(49)54-38-40(39-55-47-46(53)45(52)44(51)41(37-48)57-47)56-43(50)36-34-32-30-28-26-24-21-18-16-14-12-10-8-6-4-2/h7,9,13-16,19-20,23,25,40-41,44-48,51-53H,3-6,8,10-12,17-18,21-22,24,26-39H2,1-2H3/b9-7+,15-13+,16-14+,20-19+,25-23+/t40-,41-,44+,45?,46?,47-/m0/s1. The molecule has 1 saturated heterocycles. The third kappa shape index (κ3) is 29.3. The van der Waals surface area contributed by atoms with Crippen LogP contribution in [0, 0.1) is 0 Å². The molecule has 2 unspecified atom stereocenters. The molecule has 0 spiro atoms. The molecule has 0 radical (unpaired) electrons. The summed E-state index contributed by atoms with van der Waals surface area (Å²) in [6, 6.07) is 0. The van der Waals surface area contributed by atoms with Gasteiger partial charge in [-0.3, -0.25) is 9.59 Å². The minimum Gasteiger partial charge on any atom is -0.462 e. The van der Waals surface area contributed by atoms with E-state index < -0.39 is 55.4 Å². The highest BCUT2D eigenvalue weighted by molar-refractivity contribution is 5.70. The van der Waals surface area contributed by atoms with Crippen LogP contribution >= 0.6 is 0 Å². The van der Waals surface area contributed by atoms with E-state index in [2.05, 4.69) is 74.6 Å². The van der Waals surface area contributed by atoms with Gasteiger partial charge >= 0.3 is 11.9 Å². The van der Waals surface area contributed by atoms with E-state index in [-0.39, 0.29) is 26.1 Å². The molecule has 0 aromatic heterocycles. The molecular formula is C47H80O10. The lowest BCUT2D eigenvalue weighted by Gasteiger charge is -2.39. The molecule has 1 aliphatic rings. The fraction of sp³-hybridized carbons (Fsp3) is 0.745. The third-order valence-electron chi connectivity index (χ3n) is 9.86. The molecule has 328 valence electrons. The van der Waals surface area contributed by atoms with Crippen molar-refractivity contribution >= 4 is 11.9 Å². The van der Waals surface area contributed by atoms with Crippen molar-refractivity contribution in [2.75, 3.05) is 19.8 Å². The smallest absolute Gasteiger partial charge is 0.306 e. The molecule has 0 amide bonds. The Morgan fingerprint density at radius 1 is 0.544 bits per heavy atom. The number of hydrogen-bond donors (Lipinski definition) is 4. The Morgan fingerprint density at radius 3 is 1.58 bits per heavy atom. The second-order valence-corrected chi connectivity index (χ2v) is 15.1. The lowest BCUT2D eigenvalue weighted by atomic mass is 9.99. The molecule has 0 bridgehead atoms. The number of carbonyl (C=O) groups excluding carboxylic acids is 2. The largest absolute Gasteiger partial charge is 0.462 e. The molecule has 0 aliphatic carbocycles. The van der Waals surface area contributed by atoms with Crippen molar-refractivity contribution in [1.82, 2.24) is 0 Å². The lowest BCUT2D eigenvalue weighted by molar-refractivity contribution is -0.305. The van der Waals surface area contributed by atoms with Gasteiger partial charge in [0, 0.05) is 12.8 Å². The van der Waals surface area contributed by atoms with Gasteiger partial charge in [-0.1, -0.05) is 139 Å². The lowest BCUT2D eigenvalue weighted by Crippen LogP contribution is -2.59. The summed E-state index contributed by atoms with van der Waals surface area (Å²) in [7, 11) is 0. The monoisotopic (exact) mass is 805 g/mol. The van der Waals surface area contributed by atoms with Gasteiger partial charge in [0.25, 0.3) is 0 Å². The van der Waals surface area contributed by atoms with Gasteiger partial charge in [0.2, 0.25) is 0 Å². The zero-order chi connectivity index (χ0) is 41.6. The average Bonchev–Trinajstić information content (AvgIpc) is 3.21. The minimum atomic E-state index is -1.60. The summed E-state index contributed by atoms with van der Waals surface area (Å²) in [5.74, 6) is -0.852. The molecule has 0 saturated carbocycles. The zero-order valence-electron chi connectivity index (χ0n) is 35.6. The fourth-order valence-electron chi connectivity index (χ4n) is 6.29. The van der Waals surface area contributed by atoms with Gasteiger partial charge in [-0.25, -0.2) is 0 Å². The number of carbonyl (C=O) groups is 2. The van der Waals surface area contributed by atoms with Crippen LogP contribution in [0.15, 0.2) is 60.8 Å². The number of unbranched alkanes of at least 4 members (excludes halogenated alkanes) is 15. The summed E-state index contributed by atoms with van der Waals surface area (Å²) in [5, 5.41) is 40.1.